The maximum absolute atomic E-state index is 14.6. The molecule has 2 atom stereocenters. The van der Waals surface area contributed by atoms with Crippen molar-refractivity contribution in [1.29, 1.82) is 0 Å². The highest BCUT2D eigenvalue weighted by Crippen LogP contribution is 2.57. The number of halogens is 1. The highest BCUT2D eigenvalue weighted by atomic mass is 19.1. The Balaban J connectivity index is 1.48. The summed E-state index contributed by atoms with van der Waals surface area (Å²) in [5.74, 6) is 0.391. The average Bonchev–Trinajstić information content (AvgIpc) is 3.18. The number of hydrogen-bond donors (Lipinski definition) is 1. The van der Waals surface area contributed by atoms with Crippen LogP contribution in [0.4, 0.5) is 10.2 Å². The van der Waals surface area contributed by atoms with E-state index in [9.17, 15) is 9.18 Å². The van der Waals surface area contributed by atoms with Gasteiger partial charge >= 0.3 is 0 Å². The van der Waals surface area contributed by atoms with Gasteiger partial charge in [-0.3, -0.25) is 9.48 Å². The second-order valence-electron chi connectivity index (χ2n) is 8.70. The third kappa shape index (κ3) is 3.13. The van der Waals surface area contributed by atoms with Gasteiger partial charge in [0.05, 0.1) is 31.3 Å². The number of aryl methyl sites for hydroxylation is 1. The summed E-state index contributed by atoms with van der Waals surface area (Å²) in [4.78, 5) is 26.5. The van der Waals surface area contributed by atoms with E-state index >= 15 is 0 Å². The number of rotatable bonds is 5. The van der Waals surface area contributed by atoms with E-state index in [4.69, 9.17) is 14.5 Å². The number of carbonyl (C=O) groups excluding carboxylic acids is 1. The minimum Gasteiger partial charge on any atom is -0.493 e. The van der Waals surface area contributed by atoms with Gasteiger partial charge in [0.2, 0.25) is 5.91 Å². The van der Waals surface area contributed by atoms with E-state index in [1.807, 2.05) is 0 Å². The number of anilines is 1. The zero-order chi connectivity index (χ0) is 23.4. The van der Waals surface area contributed by atoms with Crippen LogP contribution in [0, 0.1) is 17.2 Å². The van der Waals surface area contributed by atoms with Gasteiger partial charge in [0, 0.05) is 36.4 Å². The lowest BCUT2D eigenvalue weighted by atomic mass is 10.0. The summed E-state index contributed by atoms with van der Waals surface area (Å²) < 4.78 is 27.2. The molecule has 0 spiro atoms. The molecule has 1 aliphatic carbocycles. The molecule has 172 valence electrons. The molecule has 6 rings (SSSR count). The van der Waals surface area contributed by atoms with Crippen LogP contribution in [0.15, 0.2) is 42.9 Å². The second-order valence-corrected chi connectivity index (χ2v) is 8.70. The van der Waals surface area contributed by atoms with Crippen LogP contribution in [0.2, 0.25) is 0 Å². The van der Waals surface area contributed by atoms with Crippen LogP contribution in [0.1, 0.15) is 6.42 Å². The van der Waals surface area contributed by atoms with E-state index in [1.165, 1.54) is 19.5 Å². The molecule has 3 aromatic heterocycles. The molecule has 1 amide bonds. The Morgan fingerprint density at radius 2 is 2.12 bits per heavy atom. The van der Waals surface area contributed by atoms with Crippen molar-refractivity contribution in [1.82, 2.24) is 24.7 Å². The Morgan fingerprint density at radius 1 is 1.26 bits per heavy atom. The summed E-state index contributed by atoms with van der Waals surface area (Å²) in [6.45, 7) is 1.02. The number of amides is 1. The van der Waals surface area contributed by atoms with Gasteiger partial charge in [-0.05, 0) is 18.6 Å². The fraction of sp³-hybridized carbons (Fsp3) is 0.292. The molecule has 1 saturated carbocycles. The van der Waals surface area contributed by atoms with Gasteiger partial charge < -0.3 is 14.8 Å². The second kappa shape index (κ2) is 7.56. The molecule has 4 heterocycles. The predicted octanol–water partition coefficient (Wildman–Crippen LogP) is 3.22. The smallest absolute Gasteiger partial charge is 0.234 e. The summed E-state index contributed by atoms with van der Waals surface area (Å²) in [7, 11) is 3.27. The monoisotopic (exact) mass is 460 g/mol. The lowest BCUT2D eigenvalue weighted by molar-refractivity contribution is -0.121. The van der Waals surface area contributed by atoms with E-state index < -0.39 is 5.41 Å². The highest BCUT2D eigenvalue weighted by Gasteiger charge is 2.63. The Kier molecular flexibility index (Phi) is 4.59. The summed E-state index contributed by atoms with van der Waals surface area (Å²) in [5, 5.41) is 7.40. The Hall–Kier alpha value is -3.92. The van der Waals surface area contributed by atoms with E-state index in [2.05, 4.69) is 20.4 Å². The lowest BCUT2D eigenvalue weighted by Gasteiger charge is -2.15. The molecule has 0 bridgehead atoms. The van der Waals surface area contributed by atoms with Crippen molar-refractivity contribution in [2.24, 2.45) is 18.4 Å². The molecule has 2 aliphatic rings. The molecule has 1 aromatic carbocycles. The molecule has 9 nitrogen and oxygen atoms in total. The van der Waals surface area contributed by atoms with Gasteiger partial charge in [0.1, 0.15) is 29.0 Å². The number of hydrogen-bond acceptors (Lipinski definition) is 7. The molecule has 2 fully saturated rings. The van der Waals surface area contributed by atoms with E-state index in [0.29, 0.717) is 52.5 Å². The fourth-order valence-electron chi connectivity index (χ4n) is 4.66. The van der Waals surface area contributed by atoms with Crippen molar-refractivity contribution >= 4 is 22.8 Å². The first-order chi connectivity index (χ1) is 16.5. The van der Waals surface area contributed by atoms with Crippen LogP contribution >= 0.6 is 0 Å². The number of fused-ring (bicyclic) bond motifs is 2. The van der Waals surface area contributed by atoms with Gasteiger partial charge in [0.15, 0.2) is 11.6 Å². The number of benzene rings is 1. The van der Waals surface area contributed by atoms with Gasteiger partial charge in [0.25, 0.3) is 0 Å². The third-order valence-corrected chi connectivity index (χ3v) is 6.60. The summed E-state index contributed by atoms with van der Waals surface area (Å²) in [6.07, 6.45) is 3.99. The average molecular weight is 460 g/mol. The first-order valence-electron chi connectivity index (χ1n) is 10.9. The molecular weight excluding hydrogens is 439 g/mol. The number of methoxy groups -OCH3 is 1. The minimum absolute atomic E-state index is 0.132. The zero-order valence-electron chi connectivity index (χ0n) is 18.6. The molecule has 34 heavy (non-hydrogen) atoms. The Morgan fingerprint density at radius 3 is 2.85 bits per heavy atom. The highest BCUT2D eigenvalue weighted by molar-refractivity contribution is 6.01. The fourth-order valence-corrected chi connectivity index (χ4v) is 4.66. The van der Waals surface area contributed by atoms with Crippen LogP contribution in [0.3, 0.4) is 0 Å². The van der Waals surface area contributed by atoms with Gasteiger partial charge in [-0.2, -0.15) is 5.10 Å². The quantitative estimate of drug-likeness (QED) is 0.488. The van der Waals surface area contributed by atoms with Gasteiger partial charge in [-0.25, -0.2) is 19.3 Å². The van der Waals surface area contributed by atoms with Crippen LogP contribution in [-0.2, 0) is 16.6 Å². The maximum Gasteiger partial charge on any atom is 0.234 e. The van der Waals surface area contributed by atoms with Crippen LogP contribution in [0.25, 0.3) is 33.5 Å². The van der Waals surface area contributed by atoms with E-state index in [0.717, 1.165) is 6.42 Å². The van der Waals surface area contributed by atoms with Crippen molar-refractivity contribution in [3.63, 3.8) is 0 Å². The summed E-state index contributed by atoms with van der Waals surface area (Å²) in [6, 6.07) is 8.14. The minimum atomic E-state index is -0.487. The van der Waals surface area contributed by atoms with E-state index in [1.54, 1.807) is 42.2 Å². The van der Waals surface area contributed by atoms with Crippen molar-refractivity contribution in [2.75, 3.05) is 25.6 Å². The number of carbonyl (C=O) groups is 1. The molecular formula is C24H21FN6O3. The van der Waals surface area contributed by atoms with Crippen LogP contribution < -0.4 is 10.1 Å². The molecule has 2 unspecified atom stereocenters. The Bertz CT molecular complexity index is 1450. The van der Waals surface area contributed by atoms with Crippen LogP contribution in [-0.4, -0.2) is 51.0 Å². The largest absolute Gasteiger partial charge is 0.493 e. The zero-order valence-corrected chi connectivity index (χ0v) is 18.6. The number of pyridine rings is 1. The van der Waals surface area contributed by atoms with Crippen LogP contribution in [0.5, 0.6) is 5.75 Å². The SMILES string of the molecule is COc1cc2ncnc(-c3cn(C)nc3-c3ccccc3F)c2nc1NC(=O)C12COCC1C2. The number of aromatic nitrogens is 5. The molecule has 1 N–H and O–H groups in total. The van der Waals surface area contributed by atoms with Crippen molar-refractivity contribution < 1.29 is 18.7 Å². The number of nitrogens with zero attached hydrogens (tertiary/aromatic N) is 5. The van der Waals surface area contributed by atoms with Crippen molar-refractivity contribution in [3.05, 3.63) is 48.7 Å². The van der Waals surface area contributed by atoms with Gasteiger partial charge in [-0.15, -0.1) is 0 Å². The normalized spacial score (nSPS) is 20.9. The van der Waals surface area contributed by atoms with Gasteiger partial charge in [-0.1, -0.05) is 12.1 Å². The maximum atomic E-state index is 14.6. The third-order valence-electron chi connectivity index (χ3n) is 6.60. The van der Waals surface area contributed by atoms with Crippen molar-refractivity contribution in [2.45, 2.75) is 6.42 Å². The molecule has 4 aromatic rings. The summed E-state index contributed by atoms with van der Waals surface area (Å²) in [5.41, 5.74) is 2.34. The topological polar surface area (TPSA) is 104 Å². The number of ether oxygens (including phenoxy) is 2. The Labute approximate surface area is 194 Å². The molecule has 1 aliphatic heterocycles. The molecule has 0 radical (unpaired) electrons. The molecule has 1 saturated heterocycles. The first-order valence-corrected chi connectivity index (χ1v) is 10.9. The molecule has 10 heteroatoms. The van der Waals surface area contributed by atoms with E-state index in [-0.39, 0.29) is 23.5 Å². The standard InChI is InChI=1S/C24H21FN6O3/c1-31-9-15(19(30-31)14-5-3-4-6-16(14)25)20-21-17(26-12-27-20)7-18(33-2)22(28-21)29-23(32)24-8-13(24)10-34-11-24/h3-7,9,12-13H,8,10-11H2,1-2H3,(H,28,29,32). The number of nitrogens with one attached hydrogen (secondary N) is 1. The van der Waals surface area contributed by atoms with Crippen molar-refractivity contribution in [3.8, 4) is 28.3 Å². The first kappa shape index (κ1) is 20.7. The predicted molar refractivity (Wildman–Crippen MR) is 121 cm³/mol. The lowest BCUT2D eigenvalue weighted by Crippen LogP contribution is -2.27. The summed E-state index contributed by atoms with van der Waals surface area (Å²) >= 11 is 0.